The summed E-state index contributed by atoms with van der Waals surface area (Å²) in [5, 5.41) is 19.4. The maximum Gasteiger partial charge on any atom is 0.191 e. The number of rotatable bonds is 7. The van der Waals surface area contributed by atoms with E-state index in [1.807, 2.05) is 4.57 Å². The van der Waals surface area contributed by atoms with Crippen LogP contribution in [0, 0.1) is 0 Å². The van der Waals surface area contributed by atoms with E-state index < -0.39 is 5.97 Å². The Morgan fingerprint density at radius 3 is 3.05 bits per heavy atom. The van der Waals surface area contributed by atoms with Gasteiger partial charge < -0.3 is 19.2 Å². The van der Waals surface area contributed by atoms with E-state index in [1.165, 1.54) is 0 Å². The van der Waals surface area contributed by atoms with Gasteiger partial charge in [-0.2, -0.15) is 0 Å². The van der Waals surface area contributed by atoms with Crippen LogP contribution < -0.4 is 5.11 Å². The zero-order valence-electron chi connectivity index (χ0n) is 11.0. The van der Waals surface area contributed by atoms with E-state index in [-0.39, 0.29) is 11.9 Å². The van der Waals surface area contributed by atoms with Gasteiger partial charge in [-0.25, -0.2) is 0 Å². The molecule has 1 aromatic rings. The third-order valence-corrected chi connectivity index (χ3v) is 3.94. The molecule has 1 aliphatic heterocycles. The fourth-order valence-corrected chi connectivity index (χ4v) is 2.81. The highest BCUT2D eigenvalue weighted by molar-refractivity contribution is 7.99. The number of aliphatic carboxylic acids is 1. The molecule has 2 heterocycles. The molecule has 7 heteroatoms. The Morgan fingerprint density at radius 1 is 1.58 bits per heavy atom. The number of ether oxygens (including phenoxy) is 1. The predicted octanol–water partition coefficient (Wildman–Crippen LogP) is 0.252. The normalized spacial score (nSPS) is 18.9. The summed E-state index contributed by atoms with van der Waals surface area (Å²) in [6, 6.07) is 0. The standard InChI is InChI=1S/C12H19N3O3S/c1-2-4-10-13-14-12(19-8-11(16)17)15(10)7-9-5-3-6-18-9/h9H,2-8H2,1H3,(H,16,17)/p-1/t9-/m1/s1. The number of hydrogen-bond acceptors (Lipinski definition) is 6. The Bertz CT molecular complexity index is 430. The molecule has 6 nitrogen and oxygen atoms in total. The molecule has 106 valence electrons. The molecule has 19 heavy (non-hydrogen) atoms. The summed E-state index contributed by atoms with van der Waals surface area (Å²) in [6.07, 6.45) is 4.13. The van der Waals surface area contributed by atoms with Crippen molar-refractivity contribution in [3.8, 4) is 0 Å². The van der Waals surface area contributed by atoms with Gasteiger partial charge in [-0.3, -0.25) is 0 Å². The smallest absolute Gasteiger partial charge is 0.191 e. The van der Waals surface area contributed by atoms with Gasteiger partial charge >= 0.3 is 0 Å². The second-order valence-electron chi connectivity index (χ2n) is 4.56. The Hall–Kier alpha value is -1.08. The molecule has 0 aliphatic carbocycles. The van der Waals surface area contributed by atoms with Gasteiger partial charge in [0.25, 0.3) is 0 Å². The maximum absolute atomic E-state index is 10.5. The van der Waals surface area contributed by atoms with E-state index in [2.05, 4.69) is 17.1 Å². The maximum atomic E-state index is 10.5. The Morgan fingerprint density at radius 2 is 2.42 bits per heavy atom. The first-order valence-electron chi connectivity index (χ1n) is 6.57. The molecule has 1 atom stereocenters. The third kappa shape index (κ3) is 3.94. The lowest BCUT2D eigenvalue weighted by Gasteiger charge is -2.14. The summed E-state index contributed by atoms with van der Waals surface area (Å²) in [5.41, 5.74) is 0. The molecule has 2 rings (SSSR count). The third-order valence-electron chi connectivity index (χ3n) is 3.00. The van der Waals surface area contributed by atoms with E-state index in [0.717, 1.165) is 49.9 Å². The van der Waals surface area contributed by atoms with Crippen molar-refractivity contribution in [3.63, 3.8) is 0 Å². The number of carboxylic acid groups (broad SMARTS) is 1. The summed E-state index contributed by atoms with van der Waals surface area (Å²) in [4.78, 5) is 10.5. The molecular weight excluding hydrogens is 266 g/mol. The monoisotopic (exact) mass is 284 g/mol. The van der Waals surface area contributed by atoms with Gasteiger partial charge in [0.2, 0.25) is 0 Å². The van der Waals surface area contributed by atoms with Crippen LogP contribution in [0.25, 0.3) is 0 Å². The van der Waals surface area contributed by atoms with E-state index in [4.69, 9.17) is 4.74 Å². The van der Waals surface area contributed by atoms with Crippen LogP contribution in [0.1, 0.15) is 32.0 Å². The lowest BCUT2D eigenvalue weighted by atomic mass is 10.2. The van der Waals surface area contributed by atoms with Crippen molar-refractivity contribution in [2.75, 3.05) is 12.4 Å². The average Bonchev–Trinajstić information content (AvgIpc) is 2.99. The Labute approximate surface area is 116 Å². The first kappa shape index (κ1) is 14.3. The molecular formula is C12H18N3O3S-. The highest BCUT2D eigenvalue weighted by Gasteiger charge is 2.20. The Kier molecular flexibility index (Phi) is 5.21. The molecule has 0 radical (unpaired) electrons. The average molecular weight is 284 g/mol. The van der Waals surface area contributed by atoms with Gasteiger partial charge in [0, 0.05) is 18.8 Å². The highest BCUT2D eigenvalue weighted by Crippen LogP contribution is 2.21. The summed E-state index contributed by atoms with van der Waals surface area (Å²) in [5.74, 6) is -0.289. The van der Waals surface area contributed by atoms with E-state index in [9.17, 15) is 9.90 Å². The topological polar surface area (TPSA) is 80.1 Å². The Balaban J connectivity index is 2.09. The van der Waals surface area contributed by atoms with Crippen molar-refractivity contribution in [3.05, 3.63) is 5.82 Å². The van der Waals surface area contributed by atoms with Crippen molar-refractivity contribution < 1.29 is 14.6 Å². The molecule has 0 bridgehead atoms. The number of carboxylic acids is 1. The number of hydrogen-bond donors (Lipinski definition) is 0. The van der Waals surface area contributed by atoms with Crippen LogP contribution in [0.4, 0.5) is 0 Å². The minimum absolute atomic E-state index is 0.101. The molecule has 0 amide bonds. The van der Waals surface area contributed by atoms with Crippen molar-refractivity contribution in [2.24, 2.45) is 0 Å². The molecule has 1 fully saturated rings. The minimum atomic E-state index is -1.09. The van der Waals surface area contributed by atoms with Crippen molar-refractivity contribution in [1.29, 1.82) is 0 Å². The fraction of sp³-hybridized carbons (Fsp3) is 0.750. The van der Waals surface area contributed by atoms with Crippen molar-refractivity contribution in [1.82, 2.24) is 14.8 Å². The number of aryl methyl sites for hydroxylation is 1. The highest BCUT2D eigenvalue weighted by atomic mass is 32.2. The zero-order chi connectivity index (χ0) is 13.7. The van der Waals surface area contributed by atoms with Crippen molar-refractivity contribution >= 4 is 17.7 Å². The lowest BCUT2D eigenvalue weighted by Crippen LogP contribution is -2.25. The summed E-state index contributed by atoms with van der Waals surface area (Å²) < 4.78 is 7.62. The summed E-state index contributed by atoms with van der Waals surface area (Å²) >= 11 is 1.16. The SMILES string of the molecule is CCCc1nnc(SCC(=O)[O-])n1C[C@H]1CCCO1. The molecule has 0 N–H and O–H groups in total. The van der Waals surface area contributed by atoms with E-state index in [0.29, 0.717) is 11.7 Å². The van der Waals surface area contributed by atoms with Gasteiger partial charge in [-0.15, -0.1) is 10.2 Å². The fourth-order valence-electron chi connectivity index (χ4n) is 2.13. The number of carbonyl (C=O) groups excluding carboxylic acids is 1. The van der Waals surface area contributed by atoms with Crippen LogP contribution in [-0.2, 0) is 22.5 Å². The van der Waals surface area contributed by atoms with Gasteiger partial charge in [-0.05, 0) is 19.3 Å². The van der Waals surface area contributed by atoms with Gasteiger partial charge in [0.05, 0.1) is 18.6 Å². The van der Waals surface area contributed by atoms with Crippen LogP contribution in [0.3, 0.4) is 0 Å². The number of thioether (sulfide) groups is 1. The van der Waals surface area contributed by atoms with E-state index in [1.54, 1.807) is 0 Å². The van der Waals surface area contributed by atoms with Gasteiger partial charge in [0.1, 0.15) is 5.82 Å². The van der Waals surface area contributed by atoms with Crippen molar-refractivity contribution in [2.45, 2.75) is 50.4 Å². The predicted molar refractivity (Wildman–Crippen MR) is 68.7 cm³/mol. The van der Waals surface area contributed by atoms with Crippen LogP contribution in [-0.4, -0.2) is 39.2 Å². The van der Waals surface area contributed by atoms with Gasteiger partial charge in [0.15, 0.2) is 5.16 Å². The molecule has 0 saturated carbocycles. The molecule has 0 unspecified atom stereocenters. The van der Waals surface area contributed by atoms with E-state index >= 15 is 0 Å². The largest absolute Gasteiger partial charge is 0.549 e. The number of nitrogens with zero attached hydrogens (tertiary/aromatic N) is 3. The molecule has 0 spiro atoms. The summed E-state index contributed by atoms with van der Waals surface area (Å²) in [7, 11) is 0. The van der Waals surface area contributed by atoms with Crippen LogP contribution >= 0.6 is 11.8 Å². The molecule has 1 aromatic heterocycles. The first-order valence-corrected chi connectivity index (χ1v) is 7.55. The minimum Gasteiger partial charge on any atom is -0.549 e. The van der Waals surface area contributed by atoms with Crippen LogP contribution in [0.5, 0.6) is 0 Å². The second-order valence-corrected chi connectivity index (χ2v) is 5.50. The lowest BCUT2D eigenvalue weighted by molar-refractivity contribution is -0.301. The molecule has 1 aliphatic rings. The van der Waals surface area contributed by atoms with Gasteiger partial charge in [-0.1, -0.05) is 18.7 Å². The quantitative estimate of drug-likeness (QED) is 0.668. The summed E-state index contributed by atoms with van der Waals surface area (Å²) in [6.45, 7) is 3.59. The molecule has 1 saturated heterocycles. The number of aromatic nitrogens is 3. The molecule has 0 aromatic carbocycles. The second kappa shape index (κ2) is 6.91. The first-order chi connectivity index (χ1) is 9.20. The number of carbonyl (C=O) groups is 1. The zero-order valence-corrected chi connectivity index (χ0v) is 11.8. The van der Waals surface area contributed by atoms with Crippen LogP contribution in [0.15, 0.2) is 5.16 Å². The van der Waals surface area contributed by atoms with Crippen LogP contribution in [0.2, 0.25) is 0 Å².